The van der Waals surface area contributed by atoms with Gasteiger partial charge in [0.15, 0.2) is 6.17 Å². The Hall–Kier alpha value is -1.89. The van der Waals surface area contributed by atoms with Crippen LogP contribution in [0.4, 0.5) is 13.2 Å². The molecule has 13 heteroatoms. The van der Waals surface area contributed by atoms with E-state index in [2.05, 4.69) is 0 Å². The molecular weight excluding hydrogens is 521 g/mol. The molecule has 6 saturated carbocycles. The van der Waals surface area contributed by atoms with Gasteiger partial charge in [-0.05, 0) is 62.7 Å². The van der Waals surface area contributed by atoms with E-state index in [-0.39, 0.29) is 11.9 Å². The average Bonchev–Trinajstić information content (AvgIpc) is 3.41. The van der Waals surface area contributed by atoms with Crippen LogP contribution >= 0.6 is 0 Å². The largest absolute Gasteiger partial charge is 0.465 e. The first kappa shape index (κ1) is 25.4. The van der Waals surface area contributed by atoms with E-state index in [9.17, 15) is 36.0 Å². The second-order valence-electron chi connectivity index (χ2n) is 12.0. The quantitative estimate of drug-likeness (QED) is 0.275. The number of halogens is 3. The van der Waals surface area contributed by atoms with Gasteiger partial charge >= 0.3 is 33.3 Å². The number of ether oxygens (including phenoxy) is 3. The van der Waals surface area contributed by atoms with Crippen LogP contribution in [0.25, 0.3) is 0 Å². The zero-order valence-corrected chi connectivity index (χ0v) is 20.7. The number of esters is 3. The molecule has 7 atom stereocenters. The van der Waals surface area contributed by atoms with Crippen molar-refractivity contribution in [2.24, 2.45) is 46.8 Å². The molecule has 7 fully saturated rings. The Kier molecular flexibility index (Phi) is 5.70. The Morgan fingerprint density at radius 2 is 1.68 bits per heavy atom. The molecule has 7 aliphatic rings. The smallest absolute Gasteiger partial charge is 0.400 e. The summed E-state index contributed by atoms with van der Waals surface area (Å²) in [6.07, 6.45) is 0.252. The highest BCUT2D eigenvalue weighted by Gasteiger charge is 2.71. The minimum absolute atomic E-state index is 0.302. The second-order valence-corrected chi connectivity index (χ2v) is 13.5. The van der Waals surface area contributed by atoms with Crippen LogP contribution in [0.2, 0.25) is 0 Å². The SMILES string of the molecule is O=C1OC2C3CC(C2OC(=O)C24CC5CC(CC(C5)C2)C4)C(C(=O)OCCC(F)C(F)(F)S(=O)(=O)O)C13. The molecule has 0 amide bonds. The highest BCUT2D eigenvalue weighted by atomic mass is 32.2. The predicted molar refractivity (Wildman–Crippen MR) is 116 cm³/mol. The lowest BCUT2D eigenvalue weighted by molar-refractivity contribution is -0.187. The monoisotopic (exact) mass is 550 g/mol. The number of carbonyl (C=O) groups excluding carboxylic acids is 3. The zero-order valence-electron chi connectivity index (χ0n) is 19.9. The van der Waals surface area contributed by atoms with Crippen molar-refractivity contribution in [2.45, 2.75) is 75.0 Å². The summed E-state index contributed by atoms with van der Waals surface area (Å²) >= 11 is 0. The predicted octanol–water partition coefficient (Wildman–Crippen LogP) is 2.67. The lowest BCUT2D eigenvalue weighted by Crippen LogP contribution is -2.52. The van der Waals surface area contributed by atoms with Gasteiger partial charge in [0.1, 0.15) is 12.2 Å². The normalized spacial score (nSPS) is 44.1. The first-order valence-electron chi connectivity index (χ1n) is 12.9. The summed E-state index contributed by atoms with van der Waals surface area (Å²) < 4.78 is 87.0. The van der Waals surface area contributed by atoms with Gasteiger partial charge < -0.3 is 14.2 Å². The summed E-state index contributed by atoms with van der Waals surface area (Å²) in [6.45, 7) is -0.887. The maximum absolute atomic E-state index is 13.8. The van der Waals surface area contributed by atoms with E-state index in [1.807, 2.05) is 0 Å². The third-order valence-corrected chi connectivity index (χ3v) is 10.8. The summed E-state index contributed by atoms with van der Waals surface area (Å²) in [5, 5.41) is -5.05. The van der Waals surface area contributed by atoms with E-state index >= 15 is 0 Å². The van der Waals surface area contributed by atoms with Crippen LogP contribution in [0.1, 0.15) is 51.4 Å². The fraction of sp³-hybridized carbons (Fsp3) is 0.875. The minimum Gasteiger partial charge on any atom is -0.465 e. The van der Waals surface area contributed by atoms with Gasteiger partial charge in [0.2, 0.25) is 0 Å². The maximum Gasteiger partial charge on any atom is 0.400 e. The van der Waals surface area contributed by atoms with Crippen LogP contribution in [-0.4, -0.2) is 61.1 Å². The van der Waals surface area contributed by atoms with Crippen LogP contribution in [0.15, 0.2) is 0 Å². The Labute approximate surface area is 211 Å². The molecule has 0 aromatic rings. The third kappa shape index (κ3) is 3.81. The van der Waals surface area contributed by atoms with Gasteiger partial charge in [-0.1, -0.05) is 0 Å². The first-order chi connectivity index (χ1) is 17.3. The molecule has 0 spiro atoms. The number of rotatable bonds is 8. The highest BCUT2D eigenvalue weighted by Crippen LogP contribution is 2.62. The summed E-state index contributed by atoms with van der Waals surface area (Å²) in [5.74, 6) is -3.07. The number of fused-ring (bicyclic) bond motifs is 1. The van der Waals surface area contributed by atoms with Crippen molar-refractivity contribution in [2.75, 3.05) is 6.61 Å². The van der Waals surface area contributed by atoms with Gasteiger partial charge in [0, 0.05) is 18.3 Å². The van der Waals surface area contributed by atoms with Crippen molar-refractivity contribution >= 4 is 28.0 Å². The summed E-state index contributed by atoms with van der Waals surface area (Å²) in [5.41, 5.74) is -0.539. The van der Waals surface area contributed by atoms with Crippen molar-refractivity contribution in [3.05, 3.63) is 0 Å². The highest BCUT2D eigenvalue weighted by molar-refractivity contribution is 7.86. The van der Waals surface area contributed by atoms with Crippen LogP contribution in [0, 0.1) is 46.8 Å². The number of carbonyl (C=O) groups is 3. The maximum atomic E-state index is 13.8. The average molecular weight is 551 g/mol. The molecule has 7 rings (SSSR count). The zero-order chi connectivity index (χ0) is 26.5. The molecule has 7 unspecified atom stereocenters. The van der Waals surface area contributed by atoms with Gasteiger partial charge in [0.25, 0.3) is 0 Å². The molecule has 6 bridgehead atoms. The third-order valence-electron chi connectivity index (χ3n) is 9.86. The molecule has 37 heavy (non-hydrogen) atoms. The Morgan fingerprint density at radius 1 is 1.08 bits per heavy atom. The van der Waals surface area contributed by atoms with Gasteiger partial charge in [0.05, 0.1) is 23.9 Å². The second kappa shape index (κ2) is 8.30. The first-order valence-corrected chi connectivity index (χ1v) is 14.3. The van der Waals surface area contributed by atoms with Gasteiger partial charge in [-0.3, -0.25) is 18.9 Å². The molecule has 0 radical (unpaired) electrons. The minimum atomic E-state index is -5.98. The van der Waals surface area contributed by atoms with Crippen molar-refractivity contribution in [3.63, 3.8) is 0 Å². The van der Waals surface area contributed by atoms with Crippen LogP contribution in [0.5, 0.6) is 0 Å². The molecule has 1 aliphatic heterocycles. The molecule has 0 aromatic heterocycles. The van der Waals surface area contributed by atoms with Crippen molar-refractivity contribution in [1.82, 2.24) is 0 Å². The van der Waals surface area contributed by atoms with E-state index < -0.39 is 81.9 Å². The lowest BCUT2D eigenvalue weighted by atomic mass is 9.49. The van der Waals surface area contributed by atoms with E-state index in [0.29, 0.717) is 24.2 Å². The van der Waals surface area contributed by atoms with E-state index in [1.165, 1.54) is 0 Å². The fourth-order valence-corrected chi connectivity index (χ4v) is 9.21. The van der Waals surface area contributed by atoms with Gasteiger partial charge in [-0.2, -0.15) is 17.2 Å². The Balaban J connectivity index is 1.12. The molecule has 9 nitrogen and oxygen atoms in total. The number of hydrogen-bond acceptors (Lipinski definition) is 8. The number of alkyl halides is 3. The van der Waals surface area contributed by atoms with E-state index in [0.717, 1.165) is 38.5 Å². The standard InChI is InChI=1S/C24H29F3O9S/c25-15(24(26,27)37(31,32)33)1-2-34-20(28)16-13-6-14-17(16)21(29)35-18(14)19(13)36-22(30)23-7-10-3-11(8-23)5-12(4-10)9-23/h10-19H,1-9H2,(H,31,32,33). The topological polar surface area (TPSA) is 133 Å². The Morgan fingerprint density at radius 3 is 2.24 bits per heavy atom. The molecule has 1 N–H and O–H groups in total. The molecule has 1 heterocycles. The van der Waals surface area contributed by atoms with Crippen LogP contribution < -0.4 is 0 Å². The lowest BCUT2D eigenvalue weighted by Gasteiger charge is -2.55. The molecule has 206 valence electrons. The molecular formula is C24H29F3O9S. The fourth-order valence-electron chi connectivity index (χ4n) is 8.77. The van der Waals surface area contributed by atoms with Crippen LogP contribution in [0.3, 0.4) is 0 Å². The van der Waals surface area contributed by atoms with Crippen molar-refractivity contribution in [3.8, 4) is 0 Å². The summed E-state index contributed by atoms with van der Waals surface area (Å²) in [7, 11) is -5.98. The molecule has 1 saturated heterocycles. The molecule has 6 aliphatic carbocycles. The summed E-state index contributed by atoms with van der Waals surface area (Å²) in [4.78, 5) is 39.0. The van der Waals surface area contributed by atoms with E-state index in [1.54, 1.807) is 0 Å². The van der Waals surface area contributed by atoms with Crippen LogP contribution in [-0.2, 0) is 38.7 Å². The van der Waals surface area contributed by atoms with Crippen molar-refractivity contribution < 1.29 is 54.7 Å². The number of hydrogen-bond donors (Lipinski definition) is 1. The molecule has 0 aromatic carbocycles. The summed E-state index contributed by atoms with van der Waals surface area (Å²) in [6, 6.07) is 0. The van der Waals surface area contributed by atoms with Crippen molar-refractivity contribution in [1.29, 1.82) is 0 Å². The van der Waals surface area contributed by atoms with Gasteiger partial charge in [-0.25, -0.2) is 4.39 Å². The van der Waals surface area contributed by atoms with E-state index in [4.69, 9.17) is 18.8 Å². The van der Waals surface area contributed by atoms with Gasteiger partial charge in [-0.15, -0.1) is 0 Å². The Bertz CT molecular complexity index is 1090.